The van der Waals surface area contributed by atoms with E-state index in [-0.39, 0.29) is 41.6 Å². The van der Waals surface area contributed by atoms with Crippen molar-refractivity contribution in [2.24, 2.45) is 11.3 Å². The first-order chi connectivity index (χ1) is 21.5. The van der Waals surface area contributed by atoms with Gasteiger partial charge in [0.2, 0.25) is 21.9 Å². The first-order valence-electron chi connectivity index (χ1n) is 14.8. The first-order valence-corrected chi connectivity index (χ1v) is 16.8. The Bertz CT molecular complexity index is 1610. The zero-order chi connectivity index (χ0) is 34.2. The van der Waals surface area contributed by atoms with E-state index >= 15 is 0 Å². The molecule has 3 rings (SSSR count). The van der Waals surface area contributed by atoms with E-state index in [2.05, 4.69) is 25.4 Å². The number of imidazole rings is 1. The van der Waals surface area contributed by atoms with Crippen LogP contribution in [0.2, 0.25) is 0 Å². The highest BCUT2D eigenvalue weighted by molar-refractivity contribution is 7.89. The number of amides is 3. The number of aliphatic hydroxyl groups is 1. The average Bonchev–Trinajstić information content (AvgIpc) is 3.38. The number of methoxy groups -OCH3 is 1. The Morgan fingerprint density at radius 2 is 1.76 bits per heavy atom. The Labute approximate surface area is 274 Å². The average molecular weight is 679 g/mol. The molecule has 15 heteroatoms. The van der Waals surface area contributed by atoms with Crippen LogP contribution >= 0.6 is 11.6 Å². The van der Waals surface area contributed by atoms with E-state index in [1.165, 1.54) is 25.3 Å². The molecule has 2 aromatic carbocycles. The van der Waals surface area contributed by atoms with Crippen LogP contribution in [0.5, 0.6) is 0 Å². The number of fused-ring (bicyclic) bond motifs is 1. The number of aliphatic hydroxyl groups excluding tert-OH is 1. The van der Waals surface area contributed by atoms with E-state index in [0.717, 1.165) is 14.9 Å². The molecule has 0 fully saturated rings. The predicted molar refractivity (Wildman–Crippen MR) is 175 cm³/mol. The predicted octanol–water partition coefficient (Wildman–Crippen LogP) is 3.89. The number of sulfonamides is 1. The van der Waals surface area contributed by atoms with E-state index in [0.29, 0.717) is 11.0 Å². The van der Waals surface area contributed by atoms with Gasteiger partial charge in [-0.2, -0.15) is 4.31 Å². The Morgan fingerprint density at radius 1 is 1.09 bits per heavy atom. The van der Waals surface area contributed by atoms with Gasteiger partial charge in [-0.3, -0.25) is 20.3 Å². The Morgan fingerprint density at radius 3 is 2.35 bits per heavy atom. The fraction of sp³-hybridized carbons (Fsp3) is 0.484. The van der Waals surface area contributed by atoms with Gasteiger partial charge in [0.25, 0.3) is 5.91 Å². The molecule has 2 atom stereocenters. The number of H-pyrrole nitrogens is 1. The summed E-state index contributed by atoms with van der Waals surface area (Å²) >= 11 is 5.96. The molecule has 0 bridgehead atoms. The normalized spacial score (nSPS) is 13.4. The van der Waals surface area contributed by atoms with Crippen LogP contribution in [-0.2, 0) is 30.8 Å². The third kappa shape index (κ3) is 10.1. The summed E-state index contributed by atoms with van der Waals surface area (Å²) in [5.74, 6) is -1.63. The molecule has 0 spiro atoms. The summed E-state index contributed by atoms with van der Waals surface area (Å²) in [5, 5.41) is 15.2. The Hall–Kier alpha value is -3.72. The number of hydrogen-bond acceptors (Lipinski definition) is 8. The highest BCUT2D eigenvalue weighted by atomic mass is 35.5. The minimum absolute atomic E-state index is 0.0491. The summed E-state index contributed by atoms with van der Waals surface area (Å²) in [6.07, 6.45) is -1.99. The van der Waals surface area contributed by atoms with E-state index in [4.69, 9.17) is 11.6 Å². The van der Waals surface area contributed by atoms with Crippen molar-refractivity contribution in [1.82, 2.24) is 24.7 Å². The fourth-order valence-electron chi connectivity index (χ4n) is 4.82. The van der Waals surface area contributed by atoms with Crippen molar-refractivity contribution >= 4 is 56.5 Å². The van der Waals surface area contributed by atoms with Crippen LogP contribution in [0.4, 0.5) is 10.7 Å². The van der Waals surface area contributed by atoms with Crippen LogP contribution in [0.25, 0.3) is 11.0 Å². The lowest BCUT2D eigenvalue weighted by atomic mass is 9.92. The van der Waals surface area contributed by atoms with Gasteiger partial charge in [-0.05, 0) is 41.5 Å². The number of nitrogens with one attached hydrogen (secondary N) is 3. The number of anilines is 1. The molecule has 0 aliphatic rings. The maximum Gasteiger partial charge on any atom is 0.413 e. The lowest BCUT2D eigenvalue weighted by Crippen LogP contribution is -2.59. The molecule has 1 heterocycles. The summed E-state index contributed by atoms with van der Waals surface area (Å²) in [6, 6.07) is 12.3. The molecule has 3 aromatic rings. The summed E-state index contributed by atoms with van der Waals surface area (Å²) < 4.78 is 33.9. The van der Waals surface area contributed by atoms with E-state index in [1.807, 2.05) is 52.8 Å². The van der Waals surface area contributed by atoms with Crippen LogP contribution in [0.15, 0.2) is 53.4 Å². The van der Waals surface area contributed by atoms with Crippen molar-refractivity contribution in [2.75, 3.05) is 31.4 Å². The molecule has 1 aromatic heterocycles. The molecule has 0 unspecified atom stereocenters. The van der Waals surface area contributed by atoms with Gasteiger partial charge in [-0.15, -0.1) is 11.6 Å². The number of aromatic amines is 1. The van der Waals surface area contributed by atoms with Crippen LogP contribution < -0.4 is 10.7 Å². The number of nitrogens with zero attached hydrogens (tertiary/aromatic N) is 3. The monoisotopic (exact) mass is 678 g/mol. The number of carbonyl (C=O) groups excluding carboxylic acids is 3. The number of alkyl halides is 1. The standard InChI is InChI=1S/C31H43ClN6O7S/c1-20(2)18-37(46(43,44)22-12-13-23-24(15-22)34-29(33-23)35-30(42)45-6)19-26(39)25(14-21-10-8-7-9-11-21)38(28(41)17-32)36-27(40)16-31(3,4)5/h7-13,15,20,25-26,39H,14,16-19H2,1-6H3,(H,36,40)(H2,33,34,35,42)/t25-,26-/m0/s1. The second-order valence-corrected chi connectivity index (χ2v) is 14.8. The lowest BCUT2D eigenvalue weighted by Gasteiger charge is -2.37. The van der Waals surface area contributed by atoms with Gasteiger partial charge in [0.05, 0.1) is 35.2 Å². The van der Waals surface area contributed by atoms with E-state index in [1.54, 1.807) is 12.1 Å². The summed E-state index contributed by atoms with van der Waals surface area (Å²) in [6.45, 7) is 8.97. The second kappa shape index (κ2) is 15.7. The van der Waals surface area contributed by atoms with Crippen LogP contribution in [0, 0.1) is 11.3 Å². The molecule has 0 radical (unpaired) electrons. The Balaban J connectivity index is 2.00. The molecule has 4 N–H and O–H groups in total. The highest BCUT2D eigenvalue weighted by Gasteiger charge is 2.36. The molecule has 46 heavy (non-hydrogen) atoms. The summed E-state index contributed by atoms with van der Waals surface area (Å²) in [4.78, 5) is 44.7. The van der Waals surface area contributed by atoms with Crippen molar-refractivity contribution in [3.8, 4) is 0 Å². The molecule has 252 valence electrons. The molecule has 0 aliphatic heterocycles. The number of aromatic nitrogens is 2. The summed E-state index contributed by atoms with van der Waals surface area (Å²) in [5.41, 5.74) is 3.75. The smallest absolute Gasteiger partial charge is 0.413 e. The largest absolute Gasteiger partial charge is 0.453 e. The van der Waals surface area contributed by atoms with Crippen LogP contribution in [-0.4, -0.2) is 88.9 Å². The topological polar surface area (TPSA) is 174 Å². The number of carbonyl (C=O) groups is 3. The molecular weight excluding hydrogens is 636 g/mol. The number of hydrogen-bond donors (Lipinski definition) is 4. The number of benzene rings is 2. The van der Waals surface area contributed by atoms with Gasteiger partial charge in [0, 0.05) is 19.5 Å². The second-order valence-electron chi connectivity index (χ2n) is 12.6. The number of ether oxygens (including phenoxy) is 1. The zero-order valence-electron chi connectivity index (χ0n) is 26.9. The fourth-order valence-corrected chi connectivity index (χ4v) is 6.60. The highest BCUT2D eigenvalue weighted by Crippen LogP contribution is 2.25. The molecular formula is C31H43ClN6O7S. The summed E-state index contributed by atoms with van der Waals surface area (Å²) in [7, 11) is -3.01. The van der Waals surface area contributed by atoms with E-state index in [9.17, 15) is 27.9 Å². The van der Waals surface area contributed by atoms with Crippen molar-refractivity contribution in [2.45, 2.75) is 64.5 Å². The Kier molecular flexibility index (Phi) is 12.6. The van der Waals surface area contributed by atoms with Crippen LogP contribution in [0.3, 0.4) is 0 Å². The van der Waals surface area contributed by atoms with Crippen molar-refractivity contribution in [1.29, 1.82) is 0 Å². The quantitative estimate of drug-likeness (QED) is 0.156. The first kappa shape index (κ1) is 36.7. The van der Waals surface area contributed by atoms with Gasteiger partial charge < -0.3 is 14.8 Å². The molecule has 0 aliphatic carbocycles. The molecule has 0 saturated heterocycles. The van der Waals surface area contributed by atoms with Crippen LogP contribution in [0.1, 0.15) is 46.6 Å². The number of halogens is 1. The maximum atomic E-state index is 14.1. The van der Waals surface area contributed by atoms with Gasteiger partial charge >= 0.3 is 6.09 Å². The minimum Gasteiger partial charge on any atom is -0.453 e. The SMILES string of the molecule is COC(=O)Nc1nc2ccc(S(=O)(=O)N(CC(C)C)C[C@H](O)[C@H](Cc3ccccc3)N(NC(=O)CC(C)(C)C)C(=O)CCl)cc2[nH]1. The zero-order valence-corrected chi connectivity index (χ0v) is 28.5. The molecule has 3 amide bonds. The van der Waals surface area contributed by atoms with Crippen molar-refractivity contribution in [3.05, 3.63) is 54.1 Å². The minimum atomic E-state index is -4.21. The molecule has 0 saturated carbocycles. The third-order valence-electron chi connectivity index (χ3n) is 6.84. The maximum absolute atomic E-state index is 14.1. The molecule has 13 nitrogen and oxygen atoms in total. The van der Waals surface area contributed by atoms with Gasteiger partial charge in [0.15, 0.2) is 0 Å². The van der Waals surface area contributed by atoms with Gasteiger partial charge in [-0.1, -0.05) is 65.0 Å². The number of rotatable bonds is 13. The van der Waals surface area contributed by atoms with Gasteiger partial charge in [-0.25, -0.2) is 23.2 Å². The van der Waals surface area contributed by atoms with Gasteiger partial charge in [0.1, 0.15) is 5.88 Å². The van der Waals surface area contributed by atoms with E-state index < -0.39 is 52.5 Å². The number of hydrazine groups is 1. The lowest BCUT2D eigenvalue weighted by molar-refractivity contribution is -0.146. The van der Waals surface area contributed by atoms with Crippen molar-refractivity contribution in [3.63, 3.8) is 0 Å². The third-order valence-corrected chi connectivity index (χ3v) is 8.90. The van der Waals surface area contributed by atoms with Crippen molar-refractivity contribution < 1.29 is 32.6 Å².